The van der Waals surface area contributed by atoms with E-state index in [4.69, 9.17) is 0 Å². The van der Waals surface area contributed by atoms with Gasteiger partial charge >= 0.3 is 0 Å². The van der Waals surface area contributed by atoms with E-state index >= 15 is 0 Å². The zero-order valence-corrected chi connectivity index (χ0v) is 11.5. The molecular formula is C17H18N2O. The summed E-state index contributed by atoms with van der Waals surface area (Å²) in [6, 6.07) is 17.8. The molecule has 20 heavy (non-hydrogen) atoms. The number of phenolic OH excluding ortho intramolecular Hbond substituents is 1. The number of anilines is 1. The Hall–Kier alpha value is -2.42. The molecule has 3 rings (SSSR count). The molecule has 3 nitrogen and oxygen atoms in total. The number of hydrazine groups is 1. The largest absolute Gasteiger partial charge is 0.508 e. The lowest BCUT2D eigenvalue weighted by Gasteiger charge is -2.26. The summed E-state index contributed by atoms with van der Waals surface area (Å²) < 4.78 is 0. The zero-order valence-electron chi connectivity index (χ0n) is 11.5. The van der Waals surface area contributed by atoms with Crippen molar-refractivity contribution in [3.63, 3.8) is 0 Å². The van der Waals surface area contributed by atoms with E-state index in [9.17, 15) is 5.11 Å². The van der Waals surface area contributed by atoms with Crippen molar-refractivity contribution >= 4 is 5.69 Å². The Morgan fingerprint density at radius 3 is 2.50 bits per heavy atom. The van der Waals surface area contributed by atoms with E-state index in [-0.39, 0.29) is 6.04 Å². The fourth-order valence-corrected chi connectivity index (χ4v) is 2.61. The lowest BCUT2D eigenvalue weighted by molar-refractivity contribution is 0.460. The molecular weight excluding hydrogens is 248 g/mol. The van der Waals surface area contributed by atoms with Crippen LogP contribution in [-0.4, -0.2) is 5.11 Å². The van der Waals surface area contributed by atoms with Crippen molar-refractivity contribution in [2.45, 2.75) is 19.4 Å². The zero-order chi connectivity index (χ0) is 13.9. The third-order valence-corrected chi connectivity index (χ3v) is 3.67. The lowest BCUT2D eigenvalue weighted by Crippen LogP contribution is -2.32. The van der Waals surface area contributed by atoms with Crippen LogP contribution in [0.5, 0.6) is 5.75 Å². The molecule has 1 saturated heterocycles. The molecule has 1 atom stereocenters. The van der Waals surface area contributed by atoms with Gasteiger partial charge in [-0.25, -0.2) is 0 Å². The molecule has 0 amide bonds. The van der Waals surface area contributed by atoms with Gasteiger partial charge in [-0.1, -0.05) is 42.5 Å². The maximum atomic E-state index is 10.1. The van der Waals surface area contributed by atoms with Crippen molar-refractivity contribution in [2.24, 2.45) is 0 Å². The van der Waals surface area contributed by atoms with E-state index in [1.54, 1.807) is 6.07 Å². The van der Waals surface area contributed by atoms with Gasteiger partial charge in [-0.2, -0.15) is 0 Å². The Balaban J connectivity index is 2.01. The monoisotopic (exact) mass is 266 g/mol. The van der Waals surface area contributed by atoms with Crippen molar-refractivity contribution in [2.75, 3.05) is 5.01 Å². The smallest absolute Gasteiger partial charge is 0.120 e. The average molecular weight is 266 g/mol. The molecule has 2 aromatic carbocycles. The minimum absolute atomic E-state index is 0.102. The Morgan fingerprint density at radius 1 is 1.10 bits per heavy atom. The summed E-state index contributed by atoms with van der Waals surface area (Å²) >= 11 is 0. The SMILES string of the molecule is CC=C1CC(c2ccccc2O)N(c2ccccc2)N1. The van der Waals surface area contributed by atoms with Crippen molar-refractivity contribution in [1.29, 1.82) is 0 Å². The number of hydrogen-bond donors (Lipinski definition) is 2. The number of phenols is 1. The van der Waals surface area contributed by atoms with E-state index < -0.39 is 0 Å². The number of aromatic hydroxyl groups is 1. The minimum atomic E-state index is 0.102. The molecule has 0 spiro atoms. The Kier molecular flexibility index (Phi) is 3.33. The Morgan fingerprint density at radius 2 is 1.80 bits per heavy atom. The van der Waals surface area contributed by atoms with Crippen LogP contribution in [-0.2, 0) is 0 Å². The first-order valence-electron chi connectivity index (χ1n) is 6.83. The number of benzene rings is 2. The second kappa shape index (κ2) is 5.29. The number of nitrogens with one attached hydrogen (secondary N) is 1. The molecule has 0 radical (unpaired) electrons. The number of allylic oxidation sites excluding steroid dienone is 1. The van der Waals surface area contributed by atoms with E-state index in [0.29, 0.717) is 5.75 Å². The molecule has 0 bridgehead atoms. The van der Waals surface area contributed by atoms with E-state index in [1.807, 2.05) is 43.3 Å². The van der Waals surface area contributed by atoms with Gasteiger partial charge in [0.25, 0.3) is 0 Å². The lowest BCUT2D eigenvalue weighted by atomic mass is 10.0. The molecule has 2 aromatic rings. The molecule has 102 valence electrons. The molecule has 1 fully saturated rings. The Labute approximate surface area is 119 Å². The van der Waals surface area contributed by atoms with Gasteiger partial charge in [-0.3, -0.25) is 5.01 Å². The molecule has 1 aliphatic heterocycles. The van der Waals surface area contributed by atoms with Crippen LogP contribution in [0.15, 0.2) is 66.4 Å². The summed E-state index contributed by atoms with van der Waals surface area (Å²) in [4.78, 5) is 0. The van der Waals surface area contributed by atoms with Crippen LogP contribution in [0.4, 0.5) is 5.69 Å². The van der Waals surface area contributed by atoms with Gasteiger partial charge in [0.1, 0.15) is 5.75 Å². The van der Waals surface area contributed by atoms with E-state index in [0.717, 1.165) is 17.7 Å². The third-order valence-electron chi connectivity index (χ3n) is 3.67. The van der Waals surface area contributed by atoms with Crippen LogP contribution in [0, 0.1) is 0 Å². The quantitative estimate of drug-likeness (QED) is 0.869. The summed E-state index contributed by atoms with van der Waals surface area (Å²) in [6.07, 6.45) is 2.94. The highest BCUT2D eigenvalue weighted by atomic mass is 16.3. The normalized spacial score (nSPS) is 20.1. The van der Waals surface area contributed by atoms with Crippen LogP contribution in [0.2, 0.25) is 0 Å². The summed E-state index contributed by atoms with van der Waals surface area (Å²) in [5.74, 6) is 0.345. The predicted molar refractivity (Wildman–Crippen MR) is 81.3 cm³/mol. The molecule has 0 aliphatic carbocycles. The first-order valence-corrected chi connectivity index (χ1v) is 6.83. The van der Waals surface area contributed by atoms with E-state index in [1.165, 1.54) is 5.70 Å². The standard InChI is InChI=1S/C17H18N2O/c1-2-13-12-16(15-10-6-7-11-17(15)20)19(18-13)14-8-4-3-5-9-14/h2-11,16,18,20H,12H2,1H3. The first kappa shape index (κ1) is 12.6. The molecule has 1 heterocycles. The van der Waals surface area contributed by atoms with Crippen molar-refractivity contribution in [1.82, 2.24) is 5.43 Å². The number of para-hydroxylation sites is 2. The fraction of sp³-hybridized carbons (Fsp3) is 0.176. The molecule has 2 N–H and O–H groups in total. The van der Waals surface area contributed by atoms with Gasteiger partial charge in [0.2, 0.25) is 0 Å². The van der Waals surface area contributed by atoms with Gasteiger partial charge in [-0.15, -0.1) is 0 Å². The highest BCUT2D eigenvalue weighted by Gasteiger charge is 2.30. The van der Waals surface area contributed by atoms with Gasteiger partial charge < -0.3 is 10.5 Å². The summed E-state index contributed by atoms with van der Waals surface area (Å²) in [6.45, 7) is 2.03. The maximum Gasteiger partial charge on any atom is 0.120 e. The first-order chi connectivity index (χ1) is 9.79. The van der Waals surface area contributed by atoms with Gasteiger partial charge in [0, 0.05) is 17.7 Å². The number of rotatable bonds is 2. The van der Waals surface area contributed by atoms with Crippen molar-refractivity contribution in [3.05, 3.63) is 71.9 Å². The van der Waals surface area contributed by atoms with Crippen LogP contribution in [0.25, 0.3) is 0 Å². The van der Waals surface area contributed by atoms with Gasteiger partial charge in [0.05, 0.1) is 11.7 Å². The molecule has 3 heteroatoms. The highest BCUT2D eigenvalue weighted by molar-refractivity contribution is 5.52. The minimum Gasteiger partial charge on any atom is -0.508 e. The second-order valence-corrected chi connectivity index (χ2v) is 4.91. The van der Waals surface area contributed by atoms with Crippen LogP contribution < -0.4 is 10.4 Å². The molecule has 1 unspecified atom stereocenters. The highest BCUT2D eigenvalue weighted by Crippen LogP contribution is 2.38. The average Bonchev–Trinajstić information content (AvgIpc) is 2.93. The third kappa shape index (κ3) is 2.23. The van der Waals surface area contributed by atoms with Gasteiger partial charge in [0.15, 0.2) is 0 Å². The van der Waals surface area contributed by atoms with Crippen molar-refractivity contribution in [3.8, 4) is 5.75 Å². The summed E-state index contributed by atoms with van der Waals surface area (Å²) in [5, 5.41) is 12.2. The summed E-state index contributed by atoms with van der Waals surface area (Å²) in [7, 11) is 0. The van der Waals surface area contributed by atoms with E-state index in [2.05, 4.69) is 28.6 Å². The van der Waals surface area contributed by atoms with Crippen LogP contribution >= 0.6 is 0 Å². The molecule has 0 aromatic heterocycles. The van der Waals surface area contributed by atoms with Crippen molar-refractivity contribution < 1.29 is 5.11 Å². The fourth-order valence-electron chi connectivity index (χ4n) is 2.61. The molecule has 1 aliphatic rings. The maximum absolute atomic E-state index is 10.1. The second-order valence-electron chi connectivity index (χ2n) is 4.91. The Bertz CT molecular complexity index is 622. The number of hydrogen-bond acceptors (Lipinski definition) is 3. The molecule has 0 saturated carbocycles. The van der Waals surface area contributed by atoms with Crippen LogP contribution in [0.3, 0.4) is 0 Å². The predicted octanol–water partition coefficient (Wildman–Crippen LogP) is 3.75. The topological polar surface area (TPSA) is 35.5 Å². The summed E-state index contributed by atoms with van der Waals surface area (Å²) in [5.41, 5.74) is 6.62. The van der Waals surface area contributed by atoms with Crippen LogP contribution in [0.1, 0.15) is 24.9 Å². The number of nitrogens with zero attached hydrogens (tertiary/aromatic N) is 1. The van der Waals surface area contributed by atoms with Gasteiger partial charge in [-0.05, 0) is 25.1 Å².